The predicted octanol–water partition coefficient (Wildman–Crippen LogP) is 1.42. The summed E-state index contributed by atoms with van der Waals surface area (Å²) in [7, 11) is 0. The van der Waals surface area contributed by atoms with Crippen molar-refractivity contribution >= 4 is 27.7 Å². The van der Waals surface area contributed by atoms with Gasteiger partial charge in [-0.05, 0) is 47.8 Å². The first-order valence-corrected chi connectivity index (χ1v) is 9.17. The lowest BCUT2D eigenvalue weighted by atomic mass is 10.0. The van der Waals surface area contributed by atoms with Crippen molar-refractivity contribution in [1.82, 2.24) is 20.9 Å². The zero-order valence-corrected chi connectivity index (χ0v) is 15.3. The molecule has 0 bridgehead atoms. The molecular formula is C17H23BrN4O2. The fourth-order valence-corrected chi connectivity index (χ4v) is 3.73. The maximum Gasteiger partial charge on any atom is 0.252 e. The maximum atomic E-state index is 12.4. The van der Waals surface area contributed by atoms with Crippen molar-refractivity contribution in [3.8, 4) is 0 Å². The molecular weight excluding hydrogens is 372 g/mol. The fraction of sp³-hybridized carbons (Fsp3) is 0.529. The summed E-state index contributed by atoms with van der Waals surface area (Å²) in [5.74, 6) is 0.0502. The van der Waals surface area contributed by atoms with E-state index in [1.54, 1.807) is 0 Å². The minimum Gasteiger partial charge on any atom is -0.349 e. The van der Waals surface area contributed by atoms with E-state index >= 15 is 0 Å². The molecule has 3 rings (SSSR count). The Kier molecular flexibility index (Phi) is 5.53. The van der Waals surface area contributed by atoms with Gasteiger partial charge < -0.3 is 10.6 Å². The van der Waals surface area contributed by atoms with Crippen LogP contribution in [0.3, 0.4) is 0 Å². The topological polar surface area (TPSA) is 73.5 Å². The van der Waals surface area contributed by atoms with Crippen LogP contribution < -0.4 is 16.0 Å². The standard InChI is InChI=1S/C17H23BrN4O2/c1-11-10-15(23)21-17(19-11)22-8-6-12(7-9-22)20-16(24)13-4-2-3-5-14(13)18/h2-5,11-12,17,19H,6-10H2,1H3,(H,20,24)(H,21,23). The van der Waals surface area contributed by atoms with E-state index < -0.39 is 0 Å². The van der Waals surface area contributed by atoms with Crippen LogP contribution in [-0.2, 0) is 4.79 Å². The van der Waals surface area contributed by atoms with E-state index in [-0.39, 0.29) is 30.2 Å². The van der Waals surface area contributed by atoms with Crippen LogP contribution in [0.1, 0.15) is 36.5 Å². The van der Waals surface area contributed by atoms with Crippen molar-refractivity contribution in [3.05, 3.63) is 34.3 Å². The van der Waals surface area contributed by atoms with Gasteiger partial charge in [-0.25, -0.2) is 0 Å². The van der Waals surface area contributed by atoms with Gasteiger partial charge in [0.25, 0.3) is 5.91 Å². The Morgan fingerprint density at radius 2 is 2.00 bits per heavy atom. The third-order valence-corrected chi connectivity index (χ3v) is 5.27. The van der Waals surface area contributed by atoms with Gasteiger partial charge in [-0.15, -0.1) is 0 Å². The number of benzene rings is 1. The maximum absolute atomic E-state index is 12.4. The molecule has 2 heterocycles. The molecule has 0 radical (unpaired) electrons. The van der Waals surface area contributed by atoms with E-state index in [1.165, 1.54) is 0 Å². The number of nitrogens with zero attached hydrogens (tertiary/aromatic N) is 1. The van der Waals surface area contributed by atoms with E-state index in [0.29, 0.717) is 12.0 Å². The smallest absolute Gasteiger partial charge is 0.252 e. The molecule has 2 aliphatic heterocycles. The molecule has 24 heavy (non-hydrogen) atoms. The lowest BCUT2D eigenvalue weighted by Crippen LogP contribution is -2.65. The molecule has 0 spiro atoms. The monoisotopic (exact) mass is 394 g/mol. The van der Waals surface area contributed by atoms with Crippen LogP contribution in [0.2, 0.25) is 0 Å². The summed E-state index contributed by atoms with van der Waals surface area (Å²) in [4.78, 5) is 26.3. The Labute approximate surface area is 150 Å². The molecule has 2 aliphatic rings. The zero-order valence-electron chi connectivity index (χ0n) is 13.7. The van der Waals surface area contributed by atoms with Gasteiger partial charge in [0.2, 0.25) is 5.91 Å². The van der Waals surface area contributed by atoms with Crippen LogP contribution in [0.15, 0.2) is 28.7 Å². The number of hydrogen-bond acceptors (Lipinski definition) is 4. The summed E-state index contributed by atoms with van der Waals surface area (Å²) < 4.78 is 0.808. The number of rotatable bonds is 3. The molecule has 7 heteroatoms. The Hall–Kier alpha value is -1.44. The van der Waals surface area contributed by atoms with Crippen LogP contribution in [0.25, 0.3) is 0 Å². The molecule has 2 amide bonds. The molecule has 1 aromatic carbocycles. The molecule has 0 aromatic heterocycles. The molecule has 2 unspecified atom stereocenters. The van der Waals surface area contributed by atoms with Crippen LogP contribution in [-0.4, -0.2) is 48.2 Å². The molecule has 0 aliphatic carbocycles. The number of hydrogen-bond donors (Lipinski definition) is 3. The first-order valence-electron chi connectivity index (χ1n) is 8.38. The highest BCUT2D eigenvalue weighted by Crippen LogP contribution is 2.18. The molecule has 2 fully saturated rings. The third kappa shape index (κ3) is 4.15. The highest BCUT2D eigenvalue weighted by Gasteiger charge is 2.30. The second-order valence-corrected chi connectivity index (χ2v) is 7.36. The molecule has 1 aromatic rings. The average molecular weight is 395 g/mol. The van der Waals surface area contributed by atoms with E-state index in [9.17, 15) is 9.59 Å². The summed E-state index contributed by atoms with van der Waals surface area (Å²) in [5.41, 5.74) is 0.662. The molecule has 130 valence electrons. The van der Waals surface area contributed by atoms with Crippen molar-refractivity contribution < 1.29 is 9.59 Å². The average Bonchev–Trinajstić information content (AvgIpc) is 2.55. The van der Waals surface area contributed by atoms with E-state index in [1.807, 2.05) is 31.2 Å². The van der Waals surface area contributed by atoms with E-state index in [0.717, 1.165) is 30.4 Å². The SMILES string of the molecule is CC1CC(=O)NC(N2CCC(NC(=O)c3ccccc3Br)CC2)N1. The van der Waals surface area contributed by atoms with Crippen LogP contribution in [0.4, 0.5) is 0 Å². The Morgan fingerprint density at radius 3 is 2.67 bits per heavy atom. The number of amides is 2. The lowest BCUT2D eigenvalue weighted by Gasteiger charge is -2.41. The molecule has 0 saturated carbocycles. The van der Waals surface area contributed by atoms with Crippen molar-refractivity contribution in [2.75, 3.05) is 13.1 Å². The molecule has 2 saturated heterocycles. The summed E-state index contributed by atoms with van der Waals surface area (Å²) in [6.07, 6.45) is 2.17. The van der Waals surface area contributed by atoms with Gasteiger partial charge in [0, 0.05) is 36.1 Å². The van der Waals surface area contributed by atoms with Crippen LogP contribution in [0, 0.1) is 0 Å². The summed E-state index contributed by atoms with van der Waals surface area (Å²) in [6.45, 7) is 3.70. The number of nitrogens with one attached hydrogen (secondary N) is 3. The van der Waals surface area contributed by atoms with Gasteiger partial charge in [0.15, 0.2) is 0 Å². The highest BCUT2D eigenvalue weighted by molar-refractivity contribution is 9.10. The summed E-state index contributed by atoms with van der Waals surface area (Å²) in [6, 6.07) is 7.80. The number of carbonyl (C=O) groups excluding carboxylic acids is 2. The van der Waals surface area contributed by atoms with E-state index in [2.05, 4.69) is 36.8 Å². The van der Waals surface area contributed by atoms with E-state index in [4.69, 9.17) is 0 Å². The largest absolute Gasteiger partial charge is 0.349 e. The fourth-order valence-electron chi connectivity index (χ4n) is 3.27. The van der Waals surface area contributed by atoms with Gasteiger partial charge in [0.05, 0.1) is 5.56 Å². The van der Waals surface area contributed by atoms with Crippen molar-refractivity contribution in [1.29, 1.82) is 0 Å². The minimum absolute atomic E-state index is 0.0429. The molecule has 6 nitrogen and oxygen atoms in total. The van der Waals surface area contributed by atoms with Gasteiger partial charge in [-0.1, -0.05) is 12.1 Å². The van der Waals surface area contributed by atoms with Gasteiger partial charge >= 0.3 is 0 Å². The normalized spacial score (nSPS) is 26.0. The second kappa shape index (κ2) is 7.63. The number of likely N-dealkylation sites (tertiary alicyclic amines) is 1. The Balaban J connectivity index is 1.51. The van der Waals surface area contributed by atoms with Crippen molar-refractivity contribution in [3.63, 3.8) is 0 Å². The Bertz CT molecular complexity index is 616. The van der Waals surface area contributed by atoms with Crippen molar-refractivity contribution in [2.24, 2.45) is 0 Å². The highest BCUT2D eigenvalue weighted by atomic mass is 79.9. The third-order valence-electron chi connectivity index (χ3n) is 4.58. The predicted molar refractivity (Wildman–Crippen MR) is 95.3 cm³/mol. The molecule has 3 N–H and O–H groups in total. The molecule has 2 atom stereocenters. The zero-order chi connectivity index (χ0) is 17.1. The number of carbonyl (C=O) groups is 2. The van der Waals surface area contributed by atoms with Gasteiger partial charge in [0.1, 0.15) is 6.29 Å². The van der Waals surface area contributed by atoms with Gasteiger partial charge in [-0.3, -0.25) is 19.8 Å². The minimum atomic E-state index is -0.0961. The van der Waals surface area contributed by atoms with Crippen LogP contribution >= 0.6 is 15.9 Å². The quantitative estimate of drug-likeness (QED) is 0.724. The van der Waals surface area contributed by atoms with Crippen molar-refractivity contribution in [2.45, 2.75) is 44.6 Å². The van der Waals surface area contributed by atoms with Crippen LogP contribution in [0.5, 0.6) is 0 Å². The number of halogens is 1. The summed E-state index contributed by atoms with van der Waals surface area (Å²) >= 11 is 3.42. The Morgan fingerprint density at radius 1 is 1.29 bits per heavy atom. The lowest BCUT2D eigenvalue weighted by molar-refractivity contribution is -0.127. The van der Waals surface area contributed by atoms with Gasteiger partial charge in [-0.2, -0.15) is 0 Å². The second-order valence-electron chi connectivity index (χ2n) is 6.51. The first kappa shape index (κ1) is 17.4. The summed E-state index contributed by atoms with van der Waals surface area (Å²) in [5, 5.41) is 9.51. The number of piperidine rings is 1. The first-order chi connectivity index (χ1) is 11.5.